The van der Waals surface area contributed by atoms with Gasteiger partial charge in [-0.05, 0) is 103 Å². The molecule has 4 aromatic carbocycles. The lowest BCUT2D eigenvalue weighted by Crippen LogP contribution is -2.41. The Kier molecular flexibility index (Phi) is 5.68. The van der Waals surface area contributed by atoms with Crippen LogP contribution in [0, 0.1) is 6.92 Å². The first-order valence-corrected chi connectivity index (χ1v) is 12.0. The summed E-state index contributed by atoms with van der Waals surface area (Å²) in [6, 6.07) is 28.3. The van der Waals surface area contributed by atoms with Crippen molar-refractivity contribution >= 4 is 0 Å². The molecule has 0 radical (unpaired) electrons. The third-order valence-corrected chi connectivity index (χ3v) is 7.97. The zero-order valence-electron chi connectivity index (χ0n) is 19.8. The predicted octanol–water partition coefficient (Wildman–Crippen LogP) is 6.66. The van der Waals surface area contributed by atoms with Crippen LogP contribution in [-0.4, -0.2) is 20.4 Å². The Hall–Kier alpha value is -3.92. The van der Waals surface area contributed by atoms with Gasteiger partial charge in [0.25, 0.3) is 0 Å². The van der Waals surface area contributed by atoms with E-state index in [0.717, 1.165) is 53.5 Å². The van der Waals surface area contributed by atoms with Crippen LogP contribution in [-0.2, 0) is 10.8 Å². The number of hydrogen-bond acceptors (Lipinski definition) is 4. The number of rotatable bonds is 4. The lowest BCUT2D eigenvalue weighted by molar-refractivity contribution is 0.256. The zero-order valence-corrected chi connectivity index (χ0v) is 19.8. The summed E-state index contributed by atoms with van der Waals surface area (Å²) in [4.78, 5) is 0. The first kappa shape index (κ1) is 22.9. The monoisotopic (exact) mass is 466 g/mol. The lowest BCUT2D eigenvalue weighted by Gasteiger charge is -2.48. The van der Waals surface area contributed by atoms with Gasteiger partial charge in [0.2, 0.25) is 0 Å². The molecule has 0 spiro atoms. The zero-order chi connectivity index (χ0) is 24.6. The fourth-order valence-electron chi connectivity index (χ4n) is 5.89. The van der Waals surface area contributed by atoms with E-state index < -0.39 is 0 Å². The van der Waals surface area contributed by atoms with Crippen LogP contribution < -0.4 is 0 Å². The van der Waals surface area contributed by atoms with Crippen LogP contribution in [0.3, 0.4) is 0 Å². The summed E-state index contributed by atoms with van der Waals surface area (Å²) in [6.07, 6.45) is 3.40. The maximum atomic E-state index is 10.2. The van der Waals surface area contributed by atoms with Gasteiger partial charge in [-0.15, -0.1) is 0 Å². The summed E-state index contributed by atoms with van der Waals surface area (Å²) in [5.74, 6) is 1.00. The van der Waals surface area contributed by atoms with Gasteiger partial charge in [-0.2, -0.15) is 0 Å². The second-order valence-corrected chi connectivity index (χ2v) is 9.81. The average molecular weight is 467 g/mol. The second kappa shape index (κ2) is 8.70. The van der Waals surface area contributed by atoms with Crippen molar-refractivity contribution in [2.75, 3.05) is 0 Å². The van der Waals surface area contributed by atoms with Crippen LogP contribution in [0.1, 0.15) is 53.5 Å². The van der Waals surface area contributed by atoms with E-state index >= 15 is 0 Å². The van der Waals surface area contributed by atoms with Crippen molar-refractivity contribution < 1.29 is 20.4 Å². The van der Waals surface area contributed by atoms with Crippen LogP contribution in [0.25, 0.3) is 0 Å². The minimum Gasteiger partial charge on any atom is -0.508 e. The molecule has 0 aliphatic heterocycles. The van der Waals surface area contributed by atoms with Crippen molar-refractivity contribution in [3.8, 4) is 23.0 Å². The molecular weight excluding hydrogens is 436 g/mol. The van der Waals surface area contributed by atoms with Gasteiger partial charge in [0.15, 0.2) is 0 Å². The Morgan fingerprint density at radius 1 is 0.457 bits per heavy atom. The van der Waals surface area contributed by atoms with E-state index in [4.69, 9.17) is 0 Å². The molecular formula is C31H30O4. The van der Waals surface area contributed by atoms with Gasteiger partial charge in [-0.3, -0.25) is 0 Å². The molecule has 4 heteroatoms. The standard InChI is InChI=1S/C31H30O4/c1-21-20-25(8-15-29(21)35)31(24-6-13-28(34)14-7-24)18-16-30(17-19-31,22-2-9-26(32)10-3-22)23-4-11-27(33)12-5-23/h2-15,20,32-35H,16-19H2,1H3. The molecule has 1 fully saturated rings. The highest BCUT2D eigenvalue weighted by Crippen LogP contribution is 2.54. The minimum atomic E-state index is -0.274. The minimum absolute atomic E-state index is 0.239. The van der Waals surface area contributed by atoms with Crippen molar-refractivity contribution in [3.63, 3.8) is 0 Å². The summed E-state index contributed by atoms with van der Waals surface area (Å²) < 4.78 is 0. The largest absolute Gasteiger partial charge is 0.508 e. The van der Waals surface area contributed by atoms with Crippen molar-refractivity contribution in [2.24, 2.45) is 0 Å². The normalized spacial score (nSPS) is 16.6. The maximum absolute atomic E-state index is 10.2. The van der Waals surface area contributed by atoms with Crippen molar-refractivity contribution in [2.45, 2.75) is 43.4 Å². The quantitative estimate of drug-likeness (QED) is 0.271. The molecule has 4 N–H and O–H groups in total. The summed E-state index contributed by atoms with van der Waals surface area (Å²) in [6.45, 7) is 1.92. The van der Waals surface area contributed by atoms with Crippen LogP contribution >= 0.6 is 0 Å². The molecule has 0 aromatic heterocycles. The molecule has 5 rings (SSSR count). The van der Waals surface area contributed by atoms with E-state index in [1.165, 1.54) is 0 Å². The highest BCUT2D eigenvalue weighted by molar-refractivity contribution is 5.49. The summed E-state index contributed by atoms with van der Waals surface area (Å²) >= 11 is 0. The van der Waals surface area contributed by atoms with E-state index in [0.29, 0.717) is 0 Å². The average Bonchev–Trinajstić information content (AvgIpc) is 2.87. The Morgan fingerprint density at radius 3 is 1.11 bits per heavy atom. The van der Waals surface area contributed by atoms with E-state index in [9.17, 15) is 20.4 Å². The number of aryl methyl sites for hydroxylation is 1. The predicted molar refractivity (Wildman–Crippen MR) is 137 cm³/mol. The van der Waals surface area contributed by atoms with Crippen LogP contribution in [0.2, 0.25) is 0 Å². The van der Waals surface area contributed by atoms with E-state index in [-0.39, 0.29) is 33.8 Å². The van der Waals surface area contributed by atoms with E-state index in [1.54, 1.807) is 42.5 Å². The molecule has 35 heavy (non-hydrogen) atoms. The van der Waals surface area contributed by atoms with Crippen LogP contribution in [0.4, 0.5) is 0 Å². The molecule has 0 saturated heterocycles. The molecule has 0 heterocycles. The molecule has 4 aromatic rings. The number of benzene rings is 4. The summed E-state index contributed by atoms with van der Waals surface area (Å²) in [7, 11) is 0. The third-order valence-electron chi connectivity index (χ3n) is 7.97. The van der Waals surface area contributed by atoms with Gasteiger partial charge >= 0.3 is 0 Å². The van der Waals surface area contributed by atoms with Gasteiger partial charge in [0.1, 0.15) is 23.0 Å². The summed E-state index contributed by atoms with van der Waals surface area (Å²) in [5, 5.41) is 40.0. The Labute approximate surface area is 205 Å². The molecule has 1 saturated carbocycles. The van der Waals surface area contributed by atoms with Gasteiger partial charge < -0.3 is 20.4 Å². The molecule has 4 nitrogen and oxygen atoms in total. The molecule has 0 unspecified atom stereocenters. The number of aromatic hydroxyl groups is 4. The first-order valence-electron chi connectivity index (χ1n) is 12.0. The van der Waals surface area contributed by atoms with Gasteiger partial charge in [-0.1, -0.05) is 48.5 Å². The fraction of sp³-hybridized carbons (Fsp3) is 0.226. The summed E-state index contributed by atoms with van der Waals surface area (Å²) in [5.41, 5.74) is 4.88. The third kappa shape index (κ3) is 3.99. The smallest absolute Gasteiger partial charge is 0.118 e. The number of phenolic OH excluding ortho intramolecular Hbond substituents is 4. The molecule has 1 aliphatic carbocycles. The Bertz CT molecular complexity index is 1270. The van der Waals surface area contributed by atoms with E-state index in [1.807, 2.05) is 49.4 Å². The topological polar surface area (TPSA) is 80.9 Å². The fourth-order valence-corrected chi connectivity index (χ4v) is 5.89. The molecule has 0 atom stereocenters. The molecule has 0 amide bonds. The maximum Gasteiger partial charge on any atom is 0.118 e. The van der Waals surface area contributed by atoms with Gasteiger partial charge in [0, 0.05) is 10.8 Å². The van der Waals surface area contributed by atoms with Crippen molar-refractivity contribution in [1.82, 2.24) is 0 Å². The highest BCUT2D eigenvalue weighted by Gasteiger charge is 2.46. The number of hydrogen-bond donors (Lipinski definition) is 4. The van der Waals surface area contributed by atoms with Crippen LogP contribution in [0.15, 0.2) is 91.0 Å². The second-order valence-electron chi connectivity index (χ2n) is 9.81. The van der Waals surface area contributed by atoms with Gasteiger partial charge in [-0.25, -0.2) is 0 Å². The number of phenols is 4. The van der Waals surface area contributed by atoms with Crippen molar-refractivity contribution in [1.29, 1.82) is 0 Å². The Balaban J connectivity index is 1.63. The Morgan fingerprint density at radius 2 is 0.771 bits per heavy atom. The first-order chi connectivity index (χ1) is 16.8. The molecule has 0 bridgehead atoms. The van der Waals surface area contributed by atoms with Crippen LogP contribution in [0.5, 0.6) is 23.0 Å². The highest BCUT2D eigenvalue weighted by atomic mass is 16.3. The molecule has 178 valence electrons. The van der Waals surface area contributed by atoms with Crippen molar-refractivity contribution in [3.05, 3.63) is 119 Å². The lowest BCUT2D eigenvalue weighted by atomic mass is 9.55. The van der Waals surface area contributed by atoms with Gasteiger partial charge in [0.05, 0.1) is 0 Å². The SMILES string of the molecule is Cc1cc(C2(c3ccc(O)cc3)CCC(c3ccc(O)cc3)(c3ccc(O)cc3)CC2)ccc1O. The molecule has 1 aliphatic rings. The van der Waals surface area contributed by atoms with E-state index in [2.05, 4.69) is 6.07 Å².